The third-order valence-corrected chi connectivity index (χ3v) is 8.27. The Hall–Kier alpha value is -3.86. The molecule has 0 radical (unpaired) electrons. The van der Waals surface area contributed by atoms with E-state index in [0.29, 0.717) is 43.6 Å². The summed E-state index contributed by atoms with van der Waals surface area (Å²) in [5.41, 5.74) is 3.49. The fourth-order valence-corrected chi connectivity index (χ4v) is 5.76. The average Bonchev–Trinajstić information content (AvgIpc) is 3.78. The zero-order valence-corrected chi connectivity index (χ0v) is 23.0. The number of piperazine rings is 1. The van der Waals surface area contributed by atoms with E-state index in [-0.39, 0.29) is 11.5 Å². The predicted octanol–water partition coefficient (Wildman–Crippen LogP) is 4.06. The van der Waals surface area contributed by atoms with Crippen molar-refractivity contribution in [3.05, 3.63) is 77.9 Å². The van der Waals surface area contributed by atoms with Crippen molar-refractivity contribution >= 4 is 28.6 Å². The molecule has 1 saturated carbocycles. The topological polar surface area (TPSA) is 78.8 Å². The molecule has 1 amide bonds. The molecule has 3 fully saturated rings. The fraction of sp³-hybridized carbons (Fsp3) is 0.387. The van der Waals surface area contributed by atoms with Crippen LogP contribution in [0.2, 0.25) is 0 Å². The van der Waals surface area contributed by atoms with Crippen molar-refractivity contribution in [1.82, 2.24) is 29.2 Å². The Morgan fingerprint density at radius 1 is 0.976 bits per heavy atom. The van der Waals surface area contributed by atoms with Gasteiger partial charge in [-0.1, -0.05) is 12.1 Å². The van der Waals surface area contributed by atoms with Gasteiger partial charge in [0.05, 0.1) is 18.8 Å². The SMILES string of the molecule is O=C(c1ccc(-n2ccc3cnc(Nc4ccc(CN5CCN(C6CC6)CC5)cc4)nc32)cc1F)N1CCOCC1. The number of hydrogen-bond acceptors (Lipinski definition) is 7. The number of ether oxygens (including phenoxy) is 1. The van der Waals surface area contributed by atoms with Crippen molar-refractivity contribution in [2.24, 2.45) is 0 Å². The summed E-state index contributed by atoms with van der Waals surface area (Å²) < 4.78 is 22.2. The Bertz CT molecular complexity index is 1540. The molecule has 9 nitrogen and oxygen atoms in total. The molecule has 2 aliphatic heterocycles. The lowest BCUT2D eigenvalue weighted by molar-refractivity contribution is 0.0300. The Kier molecular flexibility index (Phi) is 7.12. The molecule has 0 bridgehead atoms. The number of aromatic nitrogens is 3. The van der Waals surface area contributed by atoms with Gasteiger partial charge in [-0.05, 0) is 54.8 Å². The Labute approximate surface area is 238 Å². The normalized spacial score (nSPS) is 18.6. The van der Waals surface area contributed by atoms with Gasteiger partial charge in [0, 0.05) is 81.0 Å². The van der Waals surface area contributed by atoms with Crippen LogP contribution >= 0.6 is 0 Å². The molecule has 2 aromatic heterocycles. The summed E-state index contributed by atoms with van der Waals surface area (Å²) in [5.74, 6) is -0.412. The molecule has 212 valence electrons. The molecule has 0 unspecified atom stereocenters. The maximum atomic E-state index is 15.1. The van der Waals surface area contributed by atoms with Crippen LogP contribution in [-0.4, -0.2) is 93.7 Å². The van der Waals surface area contributed by atoms with Crippen molar-refractivity contribution in [3.63, 3.8) is 0 Å². The lowest BCUT2D eigenvalue weighted by atomic mass is 10.1. The summed E-state index contributed by atoms with van der Waals surface area (Å²) in [5, 5.41) is 4.14. The van der Waals surface area contributed by atoms with Gasteiger partial charge in [-0.25, -0.2) is 9.37 Å². The number of anilines is 2. The summed E-state index contributed by atoms with van der Waals surface area (Å²) in [6.07, 6.45) is 6.34. The Balaban J connectivity index is 1.03. The summed E-state index contributed by atoms with van der Waals surface area (Å²) in [4.78, 5) is 28.8. The minimum Gasteiger partial charge on any atom is -0.378 e. The fourth-order valence-electron chi connectivity index (χ4n) is 5.76. The van der Waals surface area contributed by atoms with Crippen LogP contribution in [0.1, 0.15) is 28.8 Å². The first-order valence-corrected chi connectivity index (χ1v) is 14.4. The number of carbonyl (C=O) groups is 1. The van der Waals surface area contributed by atoms with Crippen LogP contribution in [0, 0.1) is 5.82 Å². The van der Waals surface area contributed by atoms with Crippen LogP contribution in [0.3, 0.4) is 0 Å². The van der Waals surface area contributed by atoms with E-state index in [0.717, 1.165) is 36.7 Å². The molecule has 1 N–H and O–H groups in total. The number of benzene rings is 2. The highest BCUT2D eigenvalue weighted by Crippen LogP contribution is 2.28. The van der Waals surface area contributed by atoms with E-state index in [9.17, 15) is 4.79 Å². The standard InChI is InChI=1S/C31H34FN7O2/c32-28-19-26(7-8-27(28)30(40)38-15-17-41-18-16-38)39-10-9-23-20-33-31(35-29(23)39)34-24-3-1-22(2-4-24)21-36-11-13-37(14-12-36)25-5-6-25/h1-4,7-10,19-20,25H,5-6,11-18,21H2,(H,33,34,35). The maximum absolute atomic E-state index is 15.1. The largest absolute Gasteiger partial charge is 0.378 e. The first-order valence-electron chi connectivity index (χ1n) is 14.4. The molecule has 41 heavy (non-hydrogen) atoms. The van der Waals surface area contributed by atoms with Crippen LogP contribution < -0.4 is 5.32 Å². The molecule has 10 heteroatoms. The number of amides is 1. The second-order valence-corrected chi connectivity index (χ2v) is 11.1. The van der Waals surface area contributed by atoms with Crippen LogP contribution in [0.15, 0.2) is 60.9 Å². The highest BCUT2D eigenvalue weighted by atomic mass is 19.1. The third-order valence-electron chi connectivity index (χ3n) is 8.27. The van der Waals surface area contributed by atoms with Gasteiger partial charge in [-0.15, -0.1) is 0 Å². The third kappa shape index (κ3) is 5.68. The summed E-state index contributed by atoms with van der Waals surface area (Å²) in [6, 6.07) is 15.8. The average molecular weight is 556 g/mol. The van der Waals surface area contributed by atoms with Crippen LogP contribution in [0.25, 0.3) is 16.7 Å². The molecule has 7 rings (SSSR count). The minimum atomic E-state index is -0.557. The van der Waals surface area contributed by atoms with Gasteiger partial charge in [-0.2, -0.15) is 4.98 Å². The van der Waals surface area contributed by atoms with Gasteiger partial charge < -0.3 is 19.5 Å². The van der Waals surface area contributed by atoms with Gasteiger partial charge in [0.2, 0.25) is 5.95 Å². The van der Waals surface area contributed by atoms with Crippen molar-refractivity contribution < 1.29 is 13.9 Å². The van der Waals surface area contributed by atoms with Gasteiger partial charge >= 0.3 is 0 Å². The highest BCUT2D eigenvalue weighted by molar-refractivity contribution is 5.95. The van der Waals surface area contributed by atoms with E-state index in [1.54, 1.807) is 27.8 Å². The zero-order chi connectivity index (χ0) is 27.8. The number of halogens is 1. The van der Waals surface area contributed by atoms with Crippen molar-refractivity contribution in [2.75, 3.05) is 57.8 Å². The Morgan fingerprint density at radius 3 is 2.49 bits per heavy atom. The van der Waals surface area contributed by atoms with Crippen LogP contribution in [-0.2, 0) is 11.3 Å². The van der Waals surface area contributed by atoms with E-state index in [1.807, 2.05) is 12.3 Å². The van der Waals surface area contributed by atoms with Crippen LogP contribution in [0.5, 0.6) is 0 Å². The van der Waals surface area contributed by atoms with E-state index in [4.69, 9.17) is 9.72 Å². The monoisotopic (exact) mass is 555 g/mol. The van der Waals surface area contributed by atoms with Gasteiger partial charge in [0.25, 0.3) is 5.91 Å². The van der Waals surface area contributed by atoms with E-state index >= 15 is 4.39 Å². The molecule has 0 atom stereocenters. The second kappa shape index (κ2) is 11.2. The first-order chi connectivity index (χ1) is 20.1. The molecule has 0 spiro atoms. The van der Waals surface area contributed by atoms with E-state index < -0.39 is 5.82 Å². The van der Waals surface area contributed by atoms with Gasteiger partial charge in [0.15, 0.2) is 0 Å². The minimum absolute atomic E-state index is 0.0630. The summed E-state index contributed by atoms with van der Waals surface area (Å²) in [7, 11) is 0. The maximum Gasteiger partial charge on any atom is 0.256 e. The molecule has 2 saturated heterocycles. The number of hydrogen-bond donors (Lipinski definition) is 1. The first kappa shape index (κ1) is 26.1. The molecule has 1 aliphatic carbocycles. The Morgan fingerprint density at radius 2 is 1.76 bits per heavy atom. The summed E-state index contributed by atoms with van der Waals surface area (Å²) in [6.45, 7) is 7.44. The van der Waals surface area contributed by atoms with Gasteiger partial charge in [0.1, 0.15) is 11.5 Å². The van der Waals surface area contributed by atoms with E-state index in [1.165, 1.54) is 37.6 Å². The molecular weight excluding hydrogens is 521 g/mol. The van der Waals surface area contributed by atoms with E-state index in [2.05, 4.69) is 44.4 Å². The smallest absolute Gasteiger partial charge is 0.256 e. The number of carbonyl (C=O) groups excluding carboxylic acids is 1. The predicted molar refractivity (Wildman–Crippen MR) is 155 cm³/mol. The lowest BCUT2D eigenvalue weighted by Gasteiger charge is -2.34. The lowest BCUT2D eigenvalue weighted by Crippen LogP contribution is -2.46. The van der Waals surface area contributed by atoms with Crippen molar-refractivity contribution in [3.8, 4) is 5.69 Å². The highest BCUT2D eigenvalue weighted by Gasteiger charge is 2.31. The molecule has 2 aromatic carbocycles. The number of nitrogens with zero attached hydrogens (tertiary/aromatic N) is 6. The number of rotatable bonds is 7. The number of fused-ring (bicyclic) bond motifs is 1. The zero-order valence-electron chi connectivity index (χ0n) is 23.0. The summed E-state index contributed by atoms with van der Waals surface area (Å²) >= 11 is 0. The van der Waals surface area contributed by atoms with Gasteiger partial charge in [-0.3, -0.25) is 14.6 Å². The quantitative estimate of drug-likeness (QED) is 0.369. The van der Waals surface area contributed by atoms with Crippen LogP contribution in [0.4, 0.5) is 16.0 Å². The molecular formula is C31H34FN7O2. The number of morpholine rings is 1. The second-order valence-electron chi connectivity index (χ2n) is 11.1. The molecule has 3 aliphatic rings. The van der Waals surface area contributed by atoms with Crippen molar-refractivity contribution in [2.45, 2.75) is 25.4 Å². The molecule has 4 aromatic rings. The number of nitrogens with one attached hydrogen (secondary N) is 1. The molecule has 4 heterocycles. The van der Waals surface area contributed by atoms with Crippen molar-refractivity contribution in [1.29, 1.82) is 0 Å².